The second-order valence-corrected chi connectivity index (χ2v) is 10.3. The first kappa shape index (κ1) is 25.6. The van der Waals surface area contributed by atoms with Gasteiger partial charge in [0.1, 0.15) is 4.21 Å². The van der Waals surface area contributed by atoms with Crippen LogP contribution in [0.2, 0.25) is 0 Å². The first-order valence-electron chi connectivity index (χ1n) is 9.55. The summed E-state index contributed by atoms with van der Waals surface area (Å²) in [5.41, 5.74) is 0. The van der Waals surface area contributed by atoms with Crippen LogP contribution < -0.4 is 10.6 Å². The quantitative estimate of drug-likeness (QED) is 0.263. The standard InChI is InChI=1S/C18H32N4O3S2.HI/c1-4-19-18(21-15-7-9-22(10-8-15)14(2)3)20-12-16(23)13-27(24,25)17-6-5-11-26-17;/h5-6,11,14-16,23H,4,7-10,12-13H2,1-3H3,(H2,19,20,21);1H. The lowest BCUT2D eigenvalue weighted by Gasteiger charge is -2.35. The van der Waals surface area contributed by atoms with Crippen molar-refractivity contribution in [2.75, 3.05) is 31.9 Å². The molecule has 1 aliphatic rings. The molecule has 1 atom stereocenters. The number of halogens is 1. The van der Waals surface area contributed by atoms with Crippen LogP contribution in [0.3, 0.4) is 0 Å². The van der Waals surface area contributed by atoms with Gasteiger partial charge in [-0.1, -0.05) is 6.07 Å². The zero-order valence-corrected chi connectivity index (χ0v) is 20.8. The minimum atomic E-state index is -3.46. The van der Waals surface area contributed by atoms with Crippen molar-refractivity contribution < 1.29 is 13.5 Å². The van der Waals surface area contributed by atoms with Gasteiger partial charge in [-0.05, 0) is 45.1 Å². The molecule has 1 unspecified atom stereocenters. The van der Waals surface area contributed by atoms with E-state index in [0.717, 1.165) is 25.9 Å². The maximum Gasteiger partial charge on any atom is 0.191 e. The Morgan fingerprint density at radius 3 is 2.61 bits per heavy atom. The molecule has 1 aromatic rings. The van der Waals surface area contributed by atoms with Crippen molar-refractivity contribution in [2.45, 2.75) is 56.0 Å². The van der Waals surface area contributed by atoms with Crippen LogP contribution in [0.25, 0.3) is 0 Å². The Labute approximate surface area is 189 Å². The number of rotatable bonds is 8. The molecule has 0 spiro atoms. The first-order chi connectivity index (χ1) is 12.8. The Morgan fingerprint density at radius 2 is 2.07 bits per heavy atom. The number of hydrogen-bond acceptors (Lipinski definition) is 6. The third-order valence-corrected chi connectivity index (χ3v) is 7.90. The van der Waals surface area contributed by atoms with Crippen LogP contribution in [0, 0.1) is 0 Å². The second kappa shape index (κ2) is 12.3. The van der Waals surface area contributed by atoms with Crippen molar-refractivity contribution in [3.8, 4) is 0 Å². The number of likely N-dealkylation sites (tertiary alicyclic amines) is 1. The van der Waals surface area contributed by atoms with Gasteiger partial charge in [0, 0.05) is 31.7 Å². The summed E-state index contributed by atoms with van der Waals surface area (Å²) in [7, 11) is -3.46. The summed E-state index contributed by atoms with van der Waals surface area (Å²) >= 11 is 1.17. The topological polar surface area (TPSA) is 94.0 Å². The minimum Gasteiger partial charge on any atom is -0.390 e. The predicted octanol–water partition coefficient (Wildman–Crippen LogP) is 1.93. The van der Waals surface area contributed by atoms with E-state index in [4.69, 9.17) is 0 Å². The zero-order valence-electron chi connectivity index (χ0n) is 16.8. The number of piperidine rings is 1. The lowest BCUT2D eigenvalue weighted by Crippen LogP contribution is -2.50. The average molecular weight is 545 g/mol. The van der Waals surface area contributed by atoms with Crippen LogP contribution in [-0.2, 0) is 9.84 Å². The third kappa shape index (κ3) is 8.13. The second-order valence-electron chi connectivity index (χ2n) is 7.14. The van der Waals surface area contributed by atoms with Gasteiger partial charge in [0.15, 0.2) is 15.8 Å². The van der Waals surface area contributed by atoms with Gasteiger partial charge in [-0.25, -0.2) is 8.42 Å². The van der Waals surface area contributed by atoms with Crippen LogP contribution >= 0.6 is 35.3 Å². The van der Waals surface area contributed by atoms with Gasteiger partial charge in [-0.2, -0.15) is 0 Å². The van der Waals surface area contributed by atoms with E-state index in [1.165, 1.54) is 11.3 Å². The minimum absolute atomic E-state index is 0. The molecule has 3 N–H and O–H groups in total. The Bertz CT molecular complexity index is 688. The summed E-state index contributed by atoms with van der Waals surface area (Å²) in [5.74, 6) is 0.316. The van der Waals surface area contributed by atoms with E-state index in [-0.39, 0.29) is 40.5 Å². The van der Waals surface area contributed by atoms with Crippen molar-refractivity contribution in [3.05, 3.63) is 17.5 Å². The summed E-state index contributed by atoms with van der Waals surface area (Å²) in [6.07, 6.45) is 1.05. The zero-order chi connectivity index (χ0) is 19.9. The third-order valence-electron chi connectivity index (χ3n) is 4.62. The van der Waals surface area contributed by atoms with Gasteiger partial charge in [-0.15, -0.1) is 35.3 Å². The van der Waals surface area contributed by atoms with Crippen LogP contribution in [0.1, 0.15) is 33.6 Å². The maximum absolute atomic E-state index is 12.2. The van der Waals surface area contributed by atoms with E-state index in [0.29, 0.717) is 24.6 Å². The average Bonchev–Trinajstić information content (AvgIpc) is 3.15. The number of sulfone groups is 1. The molecule has 1 saturated heterocycles. The summed E-state index contributed by atoms with van der Waals surface area (Å²) in [6, 6.07) is 4.16. The van der Waals surface area contributed by atoms with Gasteiger partial charge in [0.05, 0.1) is 18.4 Å². The molecular weight excluding hydrogens is 511 g/mol. The Balaban J connectivity index is 0.00000392. The smallest absolute Gasteiger partial charge is 0.191 e. The molecule has 0 aromatic carbocycles. The summed E-state index contributed by atoms with van der Waals surface area (Å²) in [6.45, 7) is 9.27. The molecular formula is C18H33IN4O3S2. The Morgan fingerprint density at radius 1 is 1.39 bits per heavy atom. The number of nitrogens with one attached hydrogen (secondary N) is 2. The molecule has 0 aliphatic carbocycles. The van der Waals surface area contributed by atoms with Crippen molar-refractivity contribution in [1.82, 2.24) is 15.5 Å². The number of nitrogens with zero attached hydrogens (tertiary/aromatic N) is 2. The number of aliphatic hydroxyl groups excluding tert-OH is 1. The van der Waals surface area contributed by atoms with Crippen molar-refractivity contribution in [1.29, 1.82) is 0 Å². The highest BCUT2D eigenvalue weighted by Crippen LogP contribution is 2.18. The lowest BCUT2D eigenvalue weighted by atomic mass is 10.0. The Hall–Kier alpha value is -0.430. The molecule has 2 heterocycles. The fourth-order valence-corrected chi connectivity index (χ4v) is 5.57. The lowest BCUT2D eigenvalue weighted by molar-refractivity contribution is 0.167. The molecule has 1 aromatic heterocycles. The molecule has 162 valence electrons. The maximum atomic E-state index is 12.2. The van der Waals surface area contributed by atoms with Crippen molar-refractivity contribution in [3.63, 3.8) is 0 Å². The van der Waals surface area contributed by atoms with Gasteiger partial charge < -0.3 is 20.6 Å². The highest BCUT2D eigenvalue weighted by molar-refractivity contribution is 14.0. The molecule has 0 amide bonds. The molecule has 1 aliphatic heterocycles. The number of aliphatic imine (C=N–C) groups is 1. The van der Waals surface area contributed by atoms with Crippen LogP contribution in [0.15, 0.2) is 26.7 Å². The number of hydrogen-bond donors (Lipinski definition) is 3. The molecule has 10 heteroatoms. The largest absolute Gasteiger partial charge is 0.390 e. The Kier molecular flexibility index (Phi) is 11.3. The molecule has 0 radical (unpaired) electrons. The molecule has 1 fully saturated rings. The van der Waals surface area contributed by atoms with Crippen LogP contribution in [-0.4, -0.2) is 74.5 Å². The fraction of sp³-hybridized carbons (Fsp3) is 0.722. The summed E-state index contributed by atoms with van der Waals surface area (Å²) < 4.78 is 24.8. The van der Waals surface area contributed by atoms with E-state index < -0.39 is 15.9 Å². The van der Waals surface area contributed by atoms with E-state index in [1.807, 2.05) is 6.92 Å². The van der Waals surface area contributed by atoms with Gasteiger partial charge in [0.2, 0.25) is 0 Å². The van der Waals surface area contributed by atoms with Crippen molar-refractivity contribution in [2.24, 2.45) is 4.99 Å². The predicted molar refractivity (Wildman–Crippen MR) is 127 cm³/mol. The SMILES string of the molecule is CCNC(=NCC(O)CS(=O)(=O)c1cccs1)NC1CCN(C(C)C)CC1.I. The highest BCUT2D eigenvalue weighted by Gasteiger charge is 2.23. The van der Waals surface area contributed by atoms with Crippen LogP contribution in [0.5, 0.6) is 0 Å². The number of guanidine groups is 1. The van der Waals surface area contributed by atoms with E-state index in [1.54, 1.807) is 17.5 Å². The van der Waals surface area contributed by atoms with Gasteiger partial charge >= 0.3 is 0 Å². The molecule has 7 nitrogen and oxygen atoms in total. The first-order valence-corrected chi connectivity index (χ1v) is 12.1. The molecule has 2 rings (SSSR count). The summed E-state index contributed by atoms with van der Waals surface area (Å²) in [5, 5.41) is 18.5. The number of thiophene rings is 1. The number of aliphatic hydroxyl groups is 1. The van der Waals surface area contributed by atoms with E-state index in [9.17, 15) is 13.5 Å². The molecule has 0 bridgehead atoms. The summed E-state index contributed by atoms with van der Waals surface area (Å²) in [4.78, 5) is 6.86. The fourth-order valence-electron chi connectivity index (χ4n) is 3.10. The monoisotopic (exact) mass is 544 g/mol. The van der Waals surface area contributed by atoms with Crippen molar-refractivity contribution >= 4 is 51.1 Å². The van der Waals surface area contributed by atoms with E-state index >= 15 is 0 Å². The van der Waals surface area contributed by atoms with Crippen LogP contribution in [0.4, 0.5) is 0 Å². The van der Waals surface area contributed by atoms with Gasteiger partial charge in [0.25, 0.3) is 0 Å². The van der Waals surface area contributed by atoms with E-state index in [2.05, 4.69) is 34.4 Å². The molecule has 28 heavy (non-hydrogen) atoms. The normalized spacial score (nSPS) is 18.0. The molecule has 0 saturated carbocycles. The van der Waals surface area contributed by atoms with Gasteiger partial charge in [-0.3, -0.25) is 4.99 Å². The highest BCUT2D eigenvalue weighted by atomic mass is 127.